The monoisotopic (exact) mass is 319 g/mol. The SMILES string of the molecule is Cc1c(C(=O)NC(C(=O)O)C(C)C)cnn1-c1ccc(F)cc1. The van der Waals surface area contributed by atoms with Crippen LogP contribution < -0.4 is 5.32 Å². The van der Waals surface area contributed by atoms with Crippen molar-refractivity contribution in [3.05, 3.63) is 47.5 Å². The van der Waals surface area contributed by atoms with Gasteiger partial charge in [-0.25, -0.2) is 13.9 Å². The van der Waals surface area contributed by atoms with Crippen molar-refractivity contribution in [2.24, 2.45) is 5.92 Å². The fourth-order valence-electron chi connectivity index (χ4n) is 2.21. The Morgan fingerprint density at radius 2 is 1.87 bits per heavy atom. The number of halogens is 1. The first-order chi connectivity index (χ1) is 10.8. The number of aliphatic carboxylic acids is 1. The second-order valence-corrected chi connectivity index (χ2v) is 5.57. The molecule has 0 aliphatic heterocycles. The van der Waals surface area contributed by atoms with Gasteiger partial charge in [0.1, 0.15) is 11.9 Å². The number of rotatable bonds is 5. The number of nitrogens with zero attached hydrogens (tertiary/aromatic N) is 2. The van der Waals surface area contributed by atoms with Gasteiger partial charge in [-0.2, -0.15) is 5.10 Å². The summed E-state index contributed by atoms with van der Waals surface area (Å²) in [6.07, 6.45) is 1.37. The summed E-state index contributed by atoms with van der Waals surface area (Å²) < 4.78 is 14.5. The van der Waals surface area contributed by atoms with Gasteiger partial charge >= 0.3 is 5.97 Å². The fourth-order valence-corrected chi connectivity index (χ4v) is 2.21. The molecule has 0 saturated carbocycles. The number of carbonyl (C=O) groups is 2. The fraction of sp³-hybridized carbons (Fsp3) is 0.312. The Hall–Kier alpha value is -2.70. The zero-order chi connectivity index (χ0) is 17.1. The van der Waals surface area contributed by atoms with Crippen molar-refractivity contribution < 1.29 is 19.1 Å². The predicted molar refractivity (Wildman–Crippen MR) is 82.0 cm³/mol. The summed E-state index contributed by atoms with van der Waals surface area (Å²) in [5, 5.41) is 15.8. The summed E-state index contributed by atoms with van der Waals surface area (Å²) in [4.78, 5) is 23.5. The maximum absolute atomic E-state index is 13.0. The normalized spacial score (nSPS) is 12.2. The molecule has 2 N–H and O–H groups in total. The van der Waals surface area contributed by atoms with Crippen LogP contribution in [-0.4, -0.2) is 32.8 Å². The summed E-state index contributed by atoms with van der Waals surface area (Å²) in [5.74, 6) is -2.20. The zero-order valence-corrected chi connectivity index (χ0v) is 13.1. The molecule has 0 spiro atoms. The van der Waals surface area contributed by atoms with E-state index in [9.17, 15) is 14.0 Å². The molecule has 122 valence electrons. The topological polar surface area (TPSA) is 84.2 Å². The molecule has 0 aliphatic carbocycles. The molecule has 1 heterocycles. The molecule has 0 radical (unpaired) electrons. The van der Waals surface area contributed by atoms with E-state index in [0.29, 0.717) is 11.4 Å². The van der Waals surface area contributed by atoms with E-state index in [1.165, 1.54) is 23.0 Å². The van der Waals surface area contributed by atoms with Crippen molar-refractivity contribution >= 4 is 11.9 Å². The highest BCUT2D eigenvalue weighted by Crippen LogP contribution is 2.15. The average Bonchev–Trinajstić information content (AvgIpc) is 2.86. The van der Waals surface area contributed by atoms with Crippen LogP contribution >= 0.6 is 0 Å². The first-order valence-corrected chi connectivity index (χ1v) is 7.15. The summed E-state index contributed by atoms with van der Waals surface area (Å²) in [7, 11) is 0. The van der Waals surface area contributed by atoms with Crippen molar-refractivity contribution in [3.8, 4) is 5.69 Å². The maximum Gasteiger partial charge on any atom is 0.326 e. The van der Waals surface area contributed by atoms with Crippen molar-refractivity contribution in [2.75, 3.05) is 0 Å². The van der Waals surface area contributed by atoms with Gasteiger partial charge in [0, 0.05) is 0 Å². The number of carbonyl (C=O) groups excluding carboxylic acids is 1. The summed E-state index contributed by atoms with van der Waals surface area (Å²) in [5.41, 5.74) is 1.44. The molecule has 1 amide bonds. The zero-order valence-electron chi connectivity index (χ0n) is 13.1. The number of nitrogens with one attached hydrogen (secondary N) is 1. The number of carboxylic acid groups (broad SMARTS) is 1. The number of aromatic nitrogens is 2. The highest BCUT2D eigenvalue weighted by atomic mass is 19.1. The Morgan fingerprint density at radius 3 is 2.39 bits per heavy atom. The van der Waals surface area contributed by atoms with Crippen LogP contribution in [0.15, 0.2) is 30.5 Å². The van der Waals surface area contributed by atoms with Gasteiger partial charge in [0.25, 0.3) is 5.91 Å². The quantitative estimate of drug-likeness (QED) is 0.884. The molecule has 0 bridgehead atoms. The molecule has 23 heavy (non-hydrogen) atoms. The molecule has 1 aromatic carbocycles. The van der Waals surface area contributed by atoms with E-state index in [2.05, 4.69) is 10.4 Å². The van der Waals surface area contributed by atoms with E-state index in [-0.39, 0.29) is 17.3 Å². The molecular weight excluding hydrogens is 301 g/mol. The van der Waals surface area contributed by atoms with Crippen LogP contribution in [0, 0.1) is 18.7 Å². The van der Waals surface area contributed by atoms with Crippen LogP contribution in [0.25, 0.3) is 5.69 Å². The van der Waals surface area contributed by atoms with Crippen LogP contribution in [0.3, 0.4) is 0 Å². The van der Waals surface area contributed by atoms with Crippen LogP contribution in [0.5, 0.6) is 0 Å². The summed E-state index contributed by atoms with van der Waals surface area (Å²) in [6, 6.07) is 4.72. The molecule has 1 unspecified atom stereocenters. The maximum atomic E-state index is 13.0. The first-order valence-electron chi connectivity index (χ1n) is 7.15. The molecule has 2 aromatic rings. The Kier molecular flexibility index (Phi) is 4.78. The largest absolute Gasteiger partial charge is 0.480 e. The van der Waals surface area contributed by atoms with Gasteiger partial charge in [-0.15, -0.1) is 0 Å². The second kappa shape index (κ2) is 6.60. The minimum atomic E-state index is -1.09. The summed E-state index contributed by atoms with van der Waals surface area (Å²) in [6.45, 7) is 5.12. The van der Waals surface area contributed by atoms with E-state index in [1.54, 1.807) is 32.9 Å². The van der Waals surface area contributed by atoms with Gasteiger partial charge < -0.3 is 10.4 Å². The highest BCUT2D eigenvalue weighted by Gasteiger charge is 2.25. The van der Waals surface area contributed by atoms with E-state index in [4.69, 9.17) is 5.11 Å². The Balaban J connectivity index is 2.26. The molecule has 0 fully saturated rings. The molecule has 0 saturated heterocycles. The van der Waals surface area contributed by atoms with E-state index in [0.717, 1.165) is 0 Å². The molecule has 2 rings (SSSR count). The number of carboxylic acids is 1. The smallest absolute Gasteiger partial charge is 0.326 e. The second-order valence-electron chi connectivity index (χ2n) is 5.57. The number of amides is 1. The number of hydrogen-bond donors (Lipinski definition) is 2. The molecule has 7 heteroatoms. The van der Waals surface area contributed by atoms with Crippen LogP contribution in [0.2, 0.25) is 0 Å². The lowest BCUT2D eigenvalue weighted by Crippen LogP contribution is -2.44. The molecule has 0 aliphatic rings. The highest BCUT2D eigenvalue weighted by molar-refractivity contribution is 5.97. The Morgan fingerprint density at radius 1 is 1.26 bits per heavy atom. The Labute approximate surface area is 132 Å². The van der Waals surface area contributed by atoms with Crippen molar-refractivity contribution in [2.45, 2.75) is 26.8 Å². The van der Waals surface area contributed by atoms with Gasteiger partial charge in [0.2, 0.25) is 0 Å². The average molecular weight is 319 g/mol. The third kappa shape index (κ3) is 3.56. The van der Waals surface area contributed by atoms with Crippen LogP contribution in [0.4, 0.5) is 4.39 Å². The van der Waals surface area contributed by atoms with Gasteiger partial charge in [-0.05, 0) is 37.1 Å². The lowest BCUT2D eigenvalue weighted by Gasteiger charge is -2.17. The van der Waals surface area contributed by atoms with E-state index < -0.39 is 17.9 Å². The van der Waals surface area contributed by atoms with E-state index >= 15 is 0 Å². The van der Waals surface area contributed by atoms with E-state index in [1.807, 2.05) is 0 Å². The van der Waals surface area contributed by atoms with Gasteiger partial charge in [-0.3, -0.25) is 4.79 Å². The third-order valence-electron chi connectivity index (χ3n) is 3.54. The van der Waals surface area contributed by atoms with Gasteiger partial charge in [0.15, 0.2) is 0 Å². The van der Waals surface area contributed by atoms with Gasteiger partial charge in [0.05, 0.1) is 23.1 Å². The van der Waals surface area contributed by atoms with Crippen LogP contribution in [0.1, 0.15) is 29.9 Å². The Bertz CT molecular complexity index is 723. The van der Waals surface area contributed by atoms with Crippen molar-refractivity contribution in [1.29, 1.82) is 0 Å². The summed E-state index contributed by atoms with van der Waals surface area (Å²) >= 11 is 0. The first kappa shape index (κ1) is 16.7. The van der Waals surface area contributed by atoms with Crippen molar-refractivity contribution in [1.82, 2.24) is 15.1 Å². The lowest BCUT2D eigenvalue weighted by molar-refractivity contribution is -0.140. The van der Waals surface area contributed by atoms with Gasteiger partial charge in [-0.1, -0.05) is 13.8 Å². The third-order valence-corrected chi connectivity index (χ3v) is 3.54. The molecule has 1 aromatic heterocycles. The van der Waals surface area contributed by atoms with Crippen LogP contribution in [-0.2, 0) is 4.79 Å². The molecular formula is C16H18FN3O3. The minimum Gasteiger partial charge on any atom is -0.480 e. The lowest BCUT2D eigenvalue weighted by atomic mass is 10.0. The number of benzene rings is 1. The molecule has 6 nitrogen and oxygen atoms in total. The van der Waals surface area contributed by atoms with Crippen molar-refractivity contribution in [3.63, 3.8) is 0 Å². The minimum absolute atomic E-state index is 0.246. The number of hydrogen-bond acceptors (Lipinski definition) is 3. The molecule has 1 atom stereocenters. The standard InChI is InChI=1S/C16H18FN3O3/c1-9(2)14(16(22)23)19-15(21)13-8-18-20(10(13)3)12-6-4-11(17)5-7-12/h4-9,14H,1-3H3,(H,19,21)(H,22,23). The predicted octanol–water partition coefficient (Wildman–Crippen LogP) is 2.16.